The average Bonchev–Trinajstić information content (AvgIpc) is 2.82. The number of anilines is 1. The van der Waals surface area contributed by atoms with Crippen molar-refractivity contribution in [2.24, 2.45) is 0 Å². The number of aromatic amines is 1. The molecular weight excluding hydrogens is 258 g/mol. The largest absolute Gasteiger partial charge is 0.359 e. The minimum absolute atomic E-state index is 0.0910. The van der Waals surface area contributed by atoms with Crippen LogP contribution in [0.4, 0.5) is 5.13 Å². The second-order valence-electron chi connectivity index (χ2n) is 5.02. The third kappa shape index (κ3) is 2.71. The molecule has 0 fully saturated rings. The zero-order chi connectivity index (χ0) is 14.2. The van der Waals surface area contributed by atoms with E-state index in [0.717, 1.165) is 33.3 Å². The van der Waals surface area contributed by atoms with Crippen molar-refractivity contribution in [3.05, 3.63) is 22.2 Å². The van der Waals surface area contributed by atoms with E-state index in [-0.39, 0.29) is 5.78 Å². The Kier molecular flexibility index (Phi) is 3.75. The third-order valence-corrected chi connectivity index (χ3v) is 3.74. The molecule has 0 saturated heterocycles. The Labute approximate surface area is 117 Å². The van der Waals surface area contributed by atoms with Crippen molar-refractivity contribution in [2.45, 2.75) is 40.7 Å². The number of rotatable bonds is 4. The van der Waals surface area contributed by atoms with Crippen LogP contribution >= 0.6 is 11.3 Å². The third-order valence-electron chi connectivity index (χ3n) is 2.96. The number of aryl methyl sites for hydroxylation is 1. The molecule has 102 valence electrons. The van der Waals surface area contributed by atoms with E-state index < -0.39 is 0 Å². The molecule has 5 heteroatoms. The standard InChI is InChI=1S/C14H19N3OS/c1-7(2)15-14-17-11(6-19-14)13-8(3)12(10(5)18)9(4)16-13/h6-7,16H,1-5H3,(H,15,17). The number of hydrogen-bond donors (Lipinski definition) is 2. The van der Waals surface area contributed by atoms with Crippen LogP contribution in [0.1, 0.15) is 42.4 Å². The summed E-state index contributed by atoms with van der Waals surface area (Å²) in [5, 5.41) is 6.20. The molecule has 2 heterocycles. The Morgan fingerprint density at radius 2 is 2.11 bits per heavy atom. The second kappa shape index (κ2) is 5.17. The van der Waals surface area contributed by atoms with Crippen LogP contribution in [0.2, 0.25) is 0 Å². The summed E-state index contributed by atoms with van der Waals surface area (Å²) in [4.78, 5) is 19.5. The normalized spacial score (nSPS) is 11.1. The van der Waals surface area contributed by atoms with E-state index in [1.807, 2.05) is 19.2 Å². The number of carbonyl (C=O) groups excluding carboxylic acids is 1. The van der Waals surface area contributed by atoms with Gasteiger partial charge in [-0.15, -0.1) is 11.3 Å². The minimum Gasteiger partial charge on any atom is -0.359 e. The molecule has 0 aliphatic carbocycles. The van der Waals surface area contributed by atoms with E-state index in [4.69, 9.17) is 0 Å². The number of H-pyrrole nitrogens is 1. The van der Waals surface area contributed by atoms with Crippen LogP contribution in [-0.4, -0.2) is 21.8 Å². The first kappa shape index (κ1) is 13.8. The van der Waals surface area contributed by atoms with Crippen LogP contribution in [0, 0.1) is 13.8 Å². The van der Waals surface area contributed by atoms with Crippen LogP contribution in [0.3, 0.4) is 0 Å². The second-order valence-corrected chi connectivity index (χ2v) is 5.88. The molecule has 0 spiro atoms. The summed E-state index contributed by atoms with van der Waals surface area (Å²) in [5.74, 6) is 0.0910. The number of carbonyl (C=O) groups is 1. The summed E-state index contributed by atoms with van der Waals surface area (Å²) in [6, 6.07) is 0.359. The highest BCUT2D eigenvalue weighted by molar-refractivity contribution is 7.14. The zero-order valence-electron chi connectivity index (χ0n) is 11.9. The Bertz CT molecular complexity index is 610. The fourth-order valence-corrected chi connectivity index (χ4v) is 3.08. The van der Waals surface area contributed by atoms with Gasteiger partial charge in [0.1, 0.15) is 5.69 Å². The van der Waals surface area contributed by atoms with Crippen molar-refractivity contribution in [1.82, 2.24) is 9.97 Å². The first-order valence-corrected chi connectivity index (χ1v) is 7.20. The molecule has 0 unspecified atom stereocenters. The van der Waals surface area contributed by atoms with Crippen LogP contribution in [0.5, 0.6) is 0 Å². The van der Waals surface area contributed by atoms with Gasteiger partial charge in [-0.25, -0.2) is 4.98 Å². The van der Waals surface area contributed by atoms with Gasteiger partial charge < -0.3 is 10.3 Å². The highest BCUT2D eigenvalue weighted by atomic mass is 32.1. The molecule has 2 rings (SSSR count). The SMILES string of the molecule is CC(=O)c1c(C)[nH]c(-c2csc(NC(C)C)n2)c1C. The topological polar surface area (TPSA) is 57.8 Å². The summed E-state index contributed by atoms with van der Waals surface area (Å²) in [6.07, 6.45) is 0. The van der Waals surface area contributed by atoms with Gasteiger partial charge in [0.05, 0.1) is 5.69 Å². The van der Waals surface area contributed by atoms with Crippen molar-refractivity contribution in [1.29, 1.82) is 0 Å². The summed E-state index contributed by atoms with van der Waals surface area (Å²) in [6.45, 7) is 9.65. The molecule has 0 aliphatic heterocycles. The van der Waals surface area contributed by atoms with Gasteiger partial charge in [0.2, 0.25) is 0 Å². The quantitative estimate of drug-likeness (QED) is 0.836. The first-order chi connectivity index (χ1) is 8.90. The van der Waals surface area contributed by atoms with Gasteiger partial charge in [0.15, 0.2) is 10.9 Å². The van der Waals surface area contributed by atoms with Crippen LogP contribution in [-0.2, 0) is 0 Å². The predicted octanol–water partition coefficient (Wildman–Crippen LogP) is 3.78. The molecule has 0 bridgehead atoms. The monoisotopic (exact) mass is 277 g/mol. The van der Waals surface area contributed by atoms with Gasteiger partial charge in [0.25, 0.3) is 0 Å². The predicted molar refractivity (Wildman–Crippen MR) is 80.1 cm³/mol. The maximum absolute atomic E-state index is 11.6. The molecule has 0 aromatic carbocycles. The number of thiazole rings is 1. The lowest BCUT2D eigenvalue weighted by Gasteiger charge is -2.04. The van der Waals surface area contributed by atoms with Gasteiger partial charge >= 0.3 is 0 Å². The highest BCUT2D eigenvalue weighted by Crippen LogP contribution is 2.30. The highest BCUT2D eigenvalue weighted by Gasteiger charge is 2.17. The lowest BCUT2D eigenvalue weighted by Crippen LogP contribution is -2.09. The van der Waals surface area contributed by atoms with Gasteiger partial charge in [-0.05, 0) is 40.2 Å². The number of ketones is 1. The Hall–Kier alpha value is -1.62. The molecule has 2 aromatic heterocycles. The van der Waals surface area contributed by atoms with E-state index in [1.165, 1.54) is 0 Å². The molecular formula is C14H19N3OS. The van der Waals surface area contributed by atoms with Crippen LogP contribution in [0.15, 0.2) is 5.38 Å². The molecule has 0 aliphatic rings. The molecule has 0 atom stereocenters. The van der Waals surface area contributed by atoms with E-state index in [1.54, 1.807) is 18.3 Å². The number of hydrogen-bond acceptors (Lipinski definition) is 4. The molecule has 0 radical (unpaired) electrons. The molecule has 2 aromatic rings. The van der Waals surface area contributed by atoms with Gasteiger partial charge in [-0.1, -0.05) is 0 Å². The van der Waals surface area contributed by atoms with Crippen molar-refractivity contribution in [3.8, 4) is 11.4 Å². The van der Waals surface area contributed by atoms with Crippen molar-refractivity contribution < 1.29 is 4.79 Å². The Morgan fingerprint density at radius 3 is 2.63 bits per heavy atom. The van der Waals surface area contributed by atoms with Crippen molar-refractivity contribution >= 4 is 22.3 Å². The molecule has 2 N–H and O–H groups in total. The summed E-state index contributed by atoms with van der Waals surface area (Å²) in [7, 11) is 0. The lowest BCUT2D eigenvalue weighted by atomic mass is 10.1. The molecule has 0 saturated carbocycles. The fraction of sp³-hybridized carbons (Fsp3) is 0.429. The molecule has 0 amide bonds. The summed E-state index contributed by atoms with van der Waals surface area (Å²) >= 11 is 1.58. The number of nitrogens with one attached hydrogen (secondary N) is 2. The number of aromatic nitrogens is 2. The Morgan fingerprint density at radius 1 is 1.42 bits per heavy atom. The molecule has 4 nitrogen and oxygen atoms in total. The van der Waals surface area contributed by atoms with Crippen molar-refractivity contribution in [3.63, 3.8) is 0 Å². The maximum Gasteiger partial charge on any atom is 0.183 e. The maximum atomic E-state index is 11.6. The Balaban J connectivity index is 2.40. The summed E-state index contributed by atoms with van der Waals surface area (Å²) < 4.78 is 0. The number of nitrogens with zero attached hydrogens (tertiary/aromatic N) is 1. The first-order valence-electron chi connectivity index (χ1n) is 6.32. The zero-order valence-corrected chi connectivity index (χ0v) is 12.7. The fourth-order valence-electron chi connectivity index (χ4n) is 2.24. The van der Waals surface area contributed by atoms with E-state index >= 15 is 0 Å². The van der Waals surface area contributed by atoms with Gasteiger partial charge in [-0.3, -0.25) is 4.79 Å². The van der Waals surface area contributed by atoms with Gasteiger partial charge in [-0.2, -0.15) is 0 Å². The minimum atomic E-state index is 0.0910. The summed E-state index contributed by atoms with van der Waals surface area (Å²) in [5.41, 5.74) is 4.50. The van der Waals surface area contributed by atoms with E-state index in [0.29, 0.717) is 6.04 Å². The van der Waals surface area contributed by atoms with Crippen molar-refractivity contribution in [2.75, 3.05) is 5.32 Å². The van der Waals surface area contributed by atoms with Gasteiger partial charge in [0, 0.05) is 22.7 Å². The van der Waals surface area contributed by atoms with E-state index in [2.05, 4.69) is 29.1 Å². The number of Topliss-reactive ketones (excluding diaryl/α,β-unsaturated/α-hetero) is 1. The van der Waals surface area contributed by atoms with E-state index in [9.17, 15) is 4.79 Å². The average molecular weight is 277 g/mol. The lowest BCUT2D eigenvalue weighted by molar-refractivity contribution is 0.101. The molecule has 19 heavy (non-hydrogen) atoms. The smallest absolute Gasteiger partial charge is 0.183 e. The van der Waals surface area contributed by atoms with Crippen LogP contribution in [0.25, 0.3) is 11.4 Å². The van der Waals surface area contributed by atoms with Crippen LogP contribution < -0.4 is 5.32 Å².